The molecule has 0 spiro atoms. The molecule has 2 N–H and O–H groups in total. The lowest BCUT2D eigenvalue weighted by Gasteiger charge is -2.13. The lowest BCUT2D eigenvalue weighted by molar-refractivity contribution is 0.101. The van der Waals surface area contributed by atoms with Crippen LogP contribution in [0.2, 0.25) is 0 Å². The van der Waals surface area contributed by atoms with Crippen molar-refractivity contribution in [1.29, 1.82) is 0 Å². The Morgan fingerprint density at radius 1 is 1.43 bits per heavy atom. The molecule has 1 aromatic carbocycles. The summed E-state index contributed by atoms with van der Waals surface area (Å²) in [5.74, 6) is 0. The number of rotatable bonds is 6. The Morgan fingerprint density at radius 2 is 2.29 bits per heavy atom. The summed E-state index contributed by atoms with van der Waals surface area (Å²) in [5.41, 5.74) is 8.66. The third-order valence-corrected chi connectivity index (χ3v) is 4.37. The first kappa shape index (κ1) is 14.5. The van der Waals surface area contributed by atoms with Gasteiger partial charge in [-0.25, -0.2) is 0 Å². The summed E-state index contributed by atoms with van der Waals surface area (Å²) in [5, 5.41) is 5.98. The first-order valence-corrected chi connectivity index (χ1v) is 8.09. The van der Waals surface area contributed by atoms with E-state index in [1.54, 1.807) is 0 Å². The van der Waals surface area contributed by atoms with Crippen LogP contribution in [0.25, 0.3) is 10.9 Å². The Labute approximate surface area is 126 Å². The molecule has 114 valence electrons. The van der Waals surface area contributed by atoms with Crippen LogP contribution in [-0.2, 0) is 17.7 Å². The largest absolute Gasteiger partial charge is 0.378 e. The van der Waals surface area contributed by atoms with Gasteiger partial charge in [0.15, 0.2) is 0 Å². The highest BCUT2D eigenvalue weighted by Crippen LogP contribution is 2.22. The van der Waals surface area contributed by atoms with Gasteiger partial charge in [-0.1, -0.05) is 18.2 Å². The second-order valence-corrected chi connectivity index (χ2v) is 5.96. The molecule has 1 aromatic heterocycles. The molecule has 1 saturated heterocycles. The van der Waals surface area contributed by atoms with Crippen molar-refractivity contribution in [3.05, 3.63) is 30.0 Å². The fourth-order valence-corrected chi connectivity index (χ4v) is 3.21. The average Bonchev–Trinajstić information content (AvgIpc) is 3.13. The molecule has 2 aromatic rings. The summed E-state index contributed by atoms with van der Waals surface area (Å²) in [4.78, 5) is 0. The van der Waals surface area contributed by atoms with Crippen molar-refractivity contribution in [2.45, 2.75) is 57.7 Å². The first-order valence-electron chi connectivity index (χ1n) is 8.09. The van der Waals surface area contributed by atoms with Crippen molar-refractivity contribution in [3.8, 4) is 0 Å². The van der Waals surface area contributed by atoms with Gasteiger partial charge in [-0.2, -0.15) is 5.10 Å². The molecule has 3 rings (SSSR count). The second-order valence-electron chi connectivity index (χ2n) is 5.96. The molecule has 4 heteroatoms. The SMILES string of the molecule is CCn1nc(CC(N)CCC2CCCO2)c2ccccc21. The summed E-state index contributed by atoms with van der Waals surface area (Å²) in [6, 6.07) is 8.59. The van der Waals surface area contributed by atoms with Crippen LogP contribution < -0.4 is 5.73 Å². The summed E-state index contributed by atoms with van der Waals surface area (Å²) in [7, 11) is 0. The van der Waals surface area contributed by atoms with Gasteiger partial charge in [0.1, 0.15) is 0 Å². The zero-order valence-corrected chi connectivity index (χ0v) is 12.8. The molecule has 0 radical (unpaired) electrons. The number of fused-ring (bicyclic) bond motifs is 1. The first-order chi connectivity index (χ1) is 10.3. The number of aromatic nitrogens is 2. The Morgan fingerprint density at radius 3 is 3.05 bits per heavy atom. The summed E-state index contributed by atoms with van der Waals surface area (Å²) < 4.78 is 7.74. The van der Waals surface area contributed by atoms with Crippen LogP contribution in [-0.4, -0.2) is 28.5 Å². The number of nitrogens with two attached hydrogens (primary N) is 1. The normalized spacial score (nSPS) is 20.2. The minimum Gasteiger partial charge on any atom is -0.378 e. The maximum absolute atomic E-state index is 6.32. The van der Waals surface area contributed by atoms with Gasteiger partial charge >= 0.3 is 0 Å². The zero-order chi connectivity index (χ0) is 14.7. The number of aryl methyl sites for hydroxylation is 1. The van der Waals surface area contributed by atoms with Crippen LogP contribution in [0.4, 0.5) is 0 Å². The van der Waals surface area contributed by atoms with E-state index < -0.39 is 0 Å². The van der Waals surface area contributed by atoms with Crippen LogP contribution in [0.15, 0.2) is 24.3 Å². The maximum atomic E-state index is 6.32. The average molecular weight is 287 g/mol. The number of nitrogens with zero attached hydrogens (tertiary/aromatic N) is 2. The Bertz CT molecular complexity index is 587. The molecule has 1 aliphatic rings. The fraction of sp³-hybridized carbons (Fsp3) is 0.588. The van der Waals surface area contributed by atoms with E-state index in [1.807, 2.05) is 0 Å². The fourth-order valence-electron chi connectivity index (χ4n) is 3.21. The van der Waals surface area contributed by atoms with Crippen LogP contribution >= 0.6 is 0 Å². The molecule has 0 saturated carbocycles. The number of para-hydroxylation sites is 1. The van der Waals surface area contributed by atoms with E-state index in [-0.39, 0.29) is 6.04 Å². The topological polar surface area (TPSA) is 53.1 Å². The lowest BCUT2D eigenvalue weighted by atomic mass is 10.0. The highest BCUT2D eigenvalue weighted by molar-refractivity contribution is 5.82. The molecular weight excluding hydrogens is 262 g/mol. The van der Waals surface area contributed by atoms with E-state index in [2.05, 4.69) is 35.9 Å². The van der Waals surface area contributed by atoms with Crippen molar-refractivity contribution < 1.29 is 4.74 Å². The Hall–Kier alpha value is -1.39. The monoisotopic (exact) mass is 287 g/mol. The predicted octanol–water partition coefficient (Wildman–Crippen LogP) is 2.89. The van der Waals surface area contributed by atoms with Crippen molar-refractivity contribution in [1.82, 2.24) is 9.78 Å². The van der Waals surface area contributed by atoms with Gasteiger partial charge in [-0.15, -0.1) is 0 Å². The number of hydrogen-bond donors (Lipinski definition) is 1. The highest BCUT2D eigenvalue weighted by Gasteiger charge is 2.18. The third kappa shape index (κ3) is 3.27. The van der Waals surface area contributed by atoms with Gasteiger partial charge in [0.05, 0.1) is 17.3 Å². The molecule has 2 atom stereocenters. The predicted molar refractivity (Wildman–Crippen MR) is 85.3 cm³/mol. The second kappa shape index (κ2) is 6.58. The minimum atomic E-state index is 0.165. The van der Waals surface area contributed by atoms with Crippen LogP contribution in [0, 0.1) is 0 Å². The van der Waals surface area contributed by atoms with Crippen LogP contribution in [0.1, 0.15) is 38.3 Å². The van der Waals surface area contributed by atoms with Gasteiger partial charge in [-0.3, -0.25) is 4.68 Å². The van der Waals surface area contributed by atoms with Gasteiger partial charge in [0.25, 0.3) is 0 Å². The van der Waals surface area contributed by atoms with E-state index in [0.717, 1.165) is 38.1 Å². The molecule has 4 nitrogen and oxygen atoms in total. The third-order valence-electron chi connectivity index (χ3n) is 4.37. The standard InChI is InChI=1S/C17H25N3O/c1-2-20-17-8-4-3-7-15(17)16(19-20)12-13(18)9-10-14-6-5-11-21-14/h3-4,7-8,13-14H,2,5-6,9-12,18H2,1H3. The lowest BCUT2D eigenvalue weighted by Crippen LogP contribution is -2.25. The summed E-state index contributed by atoms with van der Waals surface area (Å²) >= 11 is 0. The molecule has 0 amide bonds. The quantitative estimate of drug-likeness (QED) is 0.889. The van der Waals surface area contributed by atoms with E-state index >= 15 is 0 Å². The summed E-state index contributed by atoms with van der Waals surface area (Å²) in [6.07, 6.45) is 5.76. The molecule has 21 heavy (non-hydrogen) atoms. The van der Waals surface area contributed by atoms with Crippen molar-refractivity contribution in [2.75, 3.05) is 6.61 Å². The van der Waals surface area contributed by atoms with Gasteiger partial charge < -0.3 is 10.5 Å². The highest BCUT2D eigenvalue weighted by atomic mass is 16.5. The molecule has 0 bridgehead atoms. The van der Waals surface area contributed by atoms with E-state index in [0.29, 0.717) is 6.10 Å². The molecule has 1 aliphatic heterocycles. The Kier molecular flexibility index (Phi) is 4.56. The minimum absolute atomic E-state index is 0.165. The Balaban J connectivity index is 1.66. The van der Waals surface area contributed by atoms with E-state index in [9.17, 15) is 0 Å². The van der Waals surface area contributed by atoms with Gasteiger partial charge in [0, 0.05) is 31.0 Å². The molecular formula is C17H25N3O. The molecule has 2 heterocycles. The summed E-state index contributed by atoms with van der Waals surface area (Å²) in [6.45, 7) is 3.94. The van der Waals surface area contributed by atoms with E-state index in [4.69, 9.17) is 15.6 Å². The molecule has 1 fully saturated rings. The van der Waals surface area contributed by atoms with Crippen molar-refractivity contribution in [3.63, 3.8) is 0 Å². The molecule has 2 unspecified atom stereocenters. The number of hydrogen-bond acceptors (Lipinski definition) is 3. The van der Waals surface area contributed by atoms with Crippen molar-refractivity contribution in [2.24, 2.45) is 5.73 Å². The van der Waals surface area contributed by atoms with Crippen LogP contribution in [0.3, 0.4) is 0 Å². The number of benzene rings is 1. The zero-order valence-electron chi connectivity index (χ0n) is 12.8. The van der Waals surface area contributed by atoms with Gasteiger partial charge in [0.2, 0.25) is 0 Å². The smallest absolute Gasteiger partial charge is 0.0718 e. The maximum Gasteiger partial charge on any atom is 0.0718 e. The van der Waals surface area contributed by atoms with Crippen molar-refractivity contribution >= 4 is 10.9 Å². The van der Waals surface area contributed by atoms with Gasteiger partial charge in [-0.05, 0) is 38.7 Å². The molecule has 0 aliphatic carbocycles. The van der Waals surface area contributed by atoms with Crippen LogP contribution in [0.5, 0.6) is 0 Å². The number of ether oxygens (including phenoxy) is 1. The van der Waals surface area contributed by atoms with E-state index in [1.165, 1.54) is 23.7 Å².